The van der Waals surface area contributed by atoms with Crippen molar-refractivity contribution in [2.45, 2.75) is 170 Å². The number of rotatable bonds is 24. The van der Waals surface area contributed by atoms with E-state index in [9.17, 15) is 0 Å². The minimum absolute atomic E-state index is 0.499. The average Bonchev–Trinajstić information content (AvgIpc) is 2.82. The van der Waals surface area contributed by atoms with Gasteiger partial charge in [-0.15, -0.1) is 13.2 Å². The van der Waals surface area contributed by atoms with Crippen molar-refractivity contribution in [2.75, 3.05) is 0 Å². The Hall–Kier alpha value is -0.520. The van der Waals surface area contributed by atoms with Gasteiger partial charge in [0.2, 0.25) is 0 Å². The second-order valence-electron chi connectivity index (χ2n) is 14.4. The lowest BCUT2D eigenvalue weighted by Crippen LogP contribution is -2.32. The van der Waals surface area contributed by atoms with Gasteiger partial charge >= 0.3 is 0 Å². The van der Waals surface area contributed by atoms with Gasteiger partial charge in [-0.05, 0) is 112 Å². The Balaban J connectivity index is 2.50. The van der Waals surface area contributed by atoms with Gasteiger partial charge in [0.1, 0.15) is 0 Å². The molecule has 0 heterocycles. The Morgan fingerprint density at radius 1 is 0.892 bits per heavy atom. The second kappa shape index (κ2) is 19.5. The van der Waals surface area contributed by atoms with Crippen LogP contribution in [0.15, 0.2) is 24.8 Å². The molecule has 0 aromatic carbocycles. The molecule has 1 aliphatic rings. The number of hydrogen-bond donors (Lipinski definition) is 0. The molecule has 0 aromatic heterocycles. The fourth-order valence-corrected chi connectivity index (χ4v) is 7.52. The molecule has 1 rings (SSSR count). The molecule has 0 heteroatoms. The lowest BCUT2D eigenvalue weighted by molar-refractivity contribution is 0.0864. The van der Waals surface area contributed by atoms with Gasteiger partial charge < -0.3 is 0 Å². The minimum Gasteiger partial charge on any atom is -0.103 e. The van der Waals surface area contributed by atoms with E-state index in [0.29, 0.717) is 5.41 Å². The number of hydrogen-bond acceptors (Lipinski definition) is 0. The van der Waals surface area contributed by atoms with Crippen LogP contribution in [0, 0.1) is 40.9 Å². The normalized spacial score (nSPS) is 22.5. The van der Waals surface area contributed by atoms with Crippen molar-refractivity contribution in [3.63, 3.8) is 0 Å². The Bertz CT molecular complexity index is 581. The molecule has 5 atom stereocenters. The highest BCUT2D eigenvalue weighted by molar-refractivity contribution is 4.90. The zero-order valence-corrected chi connectivity index (χ0v) is 26.9. The molecule has 0 saturated heterocycles. The maximum Gasteiger partial charge on any atom is -0.0300 e. The molecule has 0 aliphatic heterocycles. The molecule has 0 radical (unpaired) electrons. The Labute approximate surface area is 235 Å². The summed E-state index contributed by atoms with van der Waals surface area (Å²) in [5.74, 6) is 5.54. The van der Waals surface area contributed by atoms with E-state index in [1.54, 1.807) is 0 Å². The van der Waals surface area contributed by atoms with Crippen LogP contribution < -0.4 is 0 Å². The summed E-state index contributed by atoms with van der Waals surface area (Å²) >= 11 is 0. The molecule has 0 bridgehead atoms. The van der Waals surface area contributed by atoms with Crippen LogP contribution in [0.3, 0.4) is 0 Å². The van der Waals surface area contributed by atoms with E-state index < -0.39 is 0 Å². The van der Waals surface area contributed by atoms with Crippen molar-refractivity contribution in [3.8, 4) is 0 Å². The summed E-state index contributed by atoms with van der Waals surface area (Å²) in [6.07, 6.45) is 28.6. The van der Waals surface area contributed by atoms with E-state index in [1.807, 2.05) is 0 Å². The van der Waals surface area contributed by atoms with Gasteiger partial charge in [-0.1, -0.05) is 111 Å². The van der Waals surface area contributed by atoms with Crippen molar-refractivity contribution in [1.29, 1.82) is 0 Å². The van der Waals surface area contributed by atoms with Gasteiger partial charge in [-0.25, -0.2) is 0 Å². The van der Waals surface area contributed by atoms with Crippen LogP contribution in [0.25, 0.3) is 0 Å². The predicted molar refractivity (Wildman–Crippen MR) is 170 cm³/mol. The lowest BCUT2D eigenvalue weighted by Gasteiger charge is -2.42. The van der Waals surface area contributed by atoms with Gasteiger partial charge in [0, 0.05) is 0 Å². The Morgan fingerprint density at radius 2 is 1.54 bits per heavy atom. The summed E-state index contributed by atoms with van der Waals surface area (Å²) in [6, 6.07) is 0. The molecule has 1 aliphatic carbocycles. The number of allylic oxidation sites excluding steroid dienone is 2. The van der Waals surface area contributed by atoms with Crippen molar-refractivity contribution in [1.82, 2.24) is 0 Å². The van der Waals surface area contributed by atoms with E-state index in [4.69, 9.17) is 0 Å². The molecule has 0 amide bonds. The largest absolute Gasteiger partial charge is 0.103 e. The van der Waals surface area contributed by atoms with Crippen LogP contribution in [-0.2, 0) is 0 Å². The number of unbranched alkanes of at least 4 members (excludes halogenated alkanes) is 6. The van der Waals surface area contributed by atoms with Crippen molar-refractivity contribution >= 4 is 0 Å². The van der Waals surface area contributed by atoms with E-state index in [-0.39, 0.29) is 0 Å². The third-order valence-electron chi connectivity index (χ3n) is 10.4. The van der Waals surface area contributed by atoms with E-state index in [2.05, 4.69) is 67.7 Å². The highest BCUT2D eigenvalue weighted by atomic mass is 14.4. The molecule has 0 spiro atoms. The Kier molecular flexibility index (Phi) is 18.2. The van der Waals surface area contributed by atoms with Crippen LogP contribution in [0.4, 0.5) is 0 Å². The third kappa shape index (κ3) is 14.4. The first-order valence-electron chi connectivity index (χ1n) is 16.9. The smallest absolute Gasteiger partial charge is 0.0300 e. The van der Waals surface area contributed by atoms with Crippen molar-refractivity contribution < 1.29 is 0 Å². The fraction of sp³-hybridized carbons (Fsp3) is 0.892. The summed E-state index contributed by atoms with van der Waals surface area (Å²) in [5.41, 5.74) is 1.86. The van der Waals surface area contributed by atoms with Crippen molar-refractivity contribution in [3.05, 3.63) is 24.8 Å². The SMILES string of the molecule is C=CCCCC(C)(CCCCCC(C)C(CCCC(=C)C)C1CC(C)C1)C(C)CC(C)CCCCCC. The predicted octanol–water partition coefficient (Wildman–Crippen LogP) is 13.0. The van der Waals surface area contributed by atoms with E-state index in [0.717, 1.165) is 35.5 Å². The molecule has 0 aromatic rings. The molecule has 218 valence electrons. The van der Waals surface area contributed by atoms with Gasteiger partial charge in [0.15, 0.2) is 0 Å². The summed E-state index contributed by atoms with van der Waals surface area (Å²) in [7, 11) is 0. The molecule has 0 N–H and O–H groups in total. The van der Waals surface area contributed by atoms with Crippen LogP contribution in [0.1, 0.15) is 170 Å². The molecule has 0 nitrogen and oxygen atoms in total. The zero-order valence-electron chi connectivity index (χ0n) is 26.9. The lowest BCUT2D eigenvalue weighted by atomic mass is 9.64. The maximum absolute atomic E-state index is 4.14. The van der Waals surface area contributed by atoms with Gasteiger partial charge in [0.05, 0.1) is 0 Å². The van der Waals surface area contributed by atoms with Gasteiger partial charge in [0.25, 0.3) is 0 Å². The summed E-state index contributed by atoms with van der Waals surface area (Å²) in [4.78, 5) is 0. The third-order valence-corrected chi connectivity index (χ3v) is 10.4. The van der Waals surface area contributed by atoms with Gasteiger partial charge in [-0.2, -0.15) is 0 Å². The van der Waals surface area contributed by atoms with Crippen LogP contribution in [0.5, 0.6) is 0 Å². The quantitative estimate of drug-likeness (QED) is 0.0887. The zero-order chi connectivity index (χ0) is 27.7. The summed E-state index contributed by atoms with van der Waals surface area (Å²) < 4.78 is 0. The average molecular weight is 515 g/mol. The van der Waals surface area contributed by atoms with Gasteiger partial charge in [-0.3, -0.25) is 0 Å². The summed E-state index contributed by atoms with van der Waals surface area (Å²) in [5, 5.41) is 0. The Morgan fingerprint density at radius 3 is 2.16 bits per heavy atom. The first-order valence-corrected chi connectivity index (χ1v) is 16.9. The van der Waals surface area contributed by atoms with Crippen LogP contribution in [-0.4, -0.2) is 0 Å². The fourth-order valence-electron chi connectivity index (χ4n) is 7.52. The second-order valence-corrected chi connectivity index (χ2v) is 14.4. The molecule has 37 heavy (non-hydrogen) atoms. The maximum atomic E-state index is 4.14. The molecule has 5 unspecified atom stereocenters. The first kappa shape index (κ1) is 34.5. The van der Waals surface area contributed by atoms with Crippen LogP contribution >= 0.6 is 0 Å². The van der Waals surface area contributed by atoms with Crippen LogP contribution in [0.2, 0.25) is 0 Å². The van der Waals surface area contributed by atoms with E-state index >= 15 is 0 Å². The molecular formula is C37H70. The topological polar surface area (TPSA) is 0 Å². The van der Waals surface area contributed by atoms with E-state index in [1.165, 1.54) is 128 Å². The summed E-state index contributed by atoms with van der Waals surface area (Å²) in [6.45, 7) is 25.4. The van der Waals surface area contributed by atoms with Crippen molar-refractivity contribution in [2.24, 2.45) is 40.9 Å². The highest BCUT2D eigenvalue weighted by Crippen LogP contribution is 2.45. The molecule has 1 saturated carbocycles. The first-order chi connectivity index (χ1) is 17.6. The highest BCUT2D eigenvalue weighted by Gasteiger charge is 2.35. The minimum atomic E-state index is 0.499. The molecular weight excluding hydrogens is 444 g/mol. The standard InChI is InChI=1S/C37H70/c1-10-12-14-16-22-31(5)27-34(8)37(9,25-18-13-11-2)26-19-15-17-23-33(7)36(24-20-21-30(3)4)35-28-32(6)29-35/h11,31-36H,2-3,10,12-29H2,1,4-9H3. The molecule has 1 fully saturated rings. The monoisotopic (exact) mass is 515 g/mol.